The van der Waals surface area contributed by atoms with Crippen molar-refractivity contribution in [3.63, 3.8) is 0 Å². The van der Waals surface area contributed by atoms with E-state index in [4.69, 9.17) is 4.74 Å². The maximum Gasteiger partial charge on any atom is 0.337 e. The molecule has 1 unspecified atom stereocenters. The quantitative estimate of drug-likeness (QED) is 0.605. The molecule has 15 heavy (non-hydrogen) atoms. The molecular weight excluding hydrogens is 196 g/mol. The van der Waals surface area contributed by atoms with Crippen LogP contribution in [-0.2, 0) is 9.47 Å². The standard InChI is InChI=1S/C11H14O4/c1-7-6-8(10(12)14-2)4-5-9(7)11(13)15-3/h4-6,11,13H,1-3H3. The molecule has 1 aromatic carbocycles. The number of aliphatic hydroxyl groups excluding tert-OH is 1. The van der Waals surface area contributed by atoms with Crippen molar-refractivity contribution in [1.29, 1.82) is 0 Å². The highest BCUT2D eigenvalue weighted by Gasteiger charge is 2.12. The fourth-order valence-corrected chi connectivity index (χ4v) is 1.32. The highest BCUT2D eigenvalue weighted by Crippen LogP contribution is 2.19. The average Bonchev–Trinajstić information content (AvgIpc) is 2.26. The molecular formula is C11H14O4. The Hall–Kier alpha value is -1.39. The molecule has 0 fully saturated rings. The molecule has 1 N–H and O–H groups in total. The lowest BCUT2D eigenvalue weighted by Gasteiger charge is -2.12. The first kappa shape index (κ1) is 11.7. The molecule has 0 radical (unpaired) electrons. The fraction of sp³-hybridized carbons (Fsp3) is 0.364. The Morgan fingerprint density at radius 3 is 2.53 bits per heavy atom. The summed E-state index contributed by atoms with van der Waals surface area (Å²) in [7, 11) is 2.74. The topological polar surface area (TPSA) is 55.8 Å². The number of hydrogen-bond donors (Lipinski definition) is 1. The van der Waals surface area contributed by atoms with Gasteiger partial charge in [0.05, 0.1) is 12.7 Å². The van der Waals surface area contributed by atoms with Crippen molar-refractivity contribution < 1.29 is 19.4 Å². The molecule has 82 valence electrons. The van der Waals surface area contributed by atoms with Gasteiger partial charge in [0.2, 0.25) is 0 Å². The molecule has 0 amide bonds. The zero-order valence-corrected chi connectivity index (χ0v) is 8.98. The minimum atomic E-state index is -0.961. The third-order valence-corrected chi connectivity index (χ3v) is 2.18. The summed E-state index contributed by atoms with van der Waals surface area (Å²) in [6.07, 6.45) is -0.961. The van der Waals surface area contributed by atoms with Crippen LogP contribution in [0.5, 0.6) is 0 Å². The molecule has 0 aliphatic carbocycles. The van der Waals surface area contributed by atoms with E-state index in [1.165, 1.54) is 14.2 Å². The Kier molecular flexibility index (Phi) is 3.82. The summed E-state index contributed by atoms with van der Waals surface area (Å²) < 4.78 is 9.37. The molecule has 0 aliphatic heterocycles. The second-order valence-electron chi connectivity index (χ2n) is 3.15. The predicted octanol–water partition coefficient (Wildman–Crippen LogP) is 1.42. The van der Waals surface area contributed by atoms with Gasteiger partial charge in [-0.3, -0.25) is 0 Å². The number of ether oxygens (including phenoxy) is 2. The summed E-state index contributed by atoms with van der Waals surface area (Å²) in [5.74, 6) is -0.392. The lowest BCUT2D eigenvalue weighted by Crippen LogP contribution is -2.06. The van der Waals surface area contributed by atoms with E-state index in [1.807, 2.05) is 0 Å². The number of carbonyl (C=O) groups excluding carboxylic acids is 1. The van der Waals surface area contributed by atoms with Gasteiger partial charge in [-0.25, -0.2) is 4.79 Å². The molecule has 4 nitrogen and oxygen atoms in total. The van der Waals surface area contributed by atoms with Crippen molar-refractivity contribution in [2.24, 2.45) is 0 Å². The number of hydrogen-bond acceptors (Lipinski definition) is 4. The van der Waals surface area contributed by atoms with Crippen LogP contribution >= 0.6 is 0 Å². The van der Waals surface area contributed by atoms with Crippen molar-refractivity contribution in [3.05, 3.63) is 34.9 Å². The van der Waals surface area contributed by atoms with Crippen molar-refractivity contribution in [3.8, 4) is 0 Å². The van der Waals surface area contributed by atoms with Crippen LogP contribution in [0.15, 0.2) is 18.2 Å². The largest absolute Gasteiger partial charge is 0.465 e. The Bertz CT molecular complexity index is 360. The summed E-state index contributed by atoms with van der Waals surface area (Å²) in [4.78, 5) is 11.2. The number of carbonyl (C=O) groups is 1. The van der Waals surface area contributed by atoms with Crippen molar-refractivity contribution in [2.45, 2.75) is 13.2 Å². The average molecular weight is 210 g/mol. The van der Waals surface area contributed by atoms with Crippen LogP contribution < -0.4 is 0 Å². The molecule has 0 saturated carbocycles. The van der Waals surface area contributed by atoms with E-state index in [-0.39, 0.29) is 0 Å². The van der Waals surface area contributed by atoms with Gasteiger partial charge < -0.3 is 14.6 Å². The first-order valence-electron chi connectivity index (χ1n) is 4.50. The number of esters is 1. The molecule has 0 bridgehead atoms. The number of aliphatic hydroxyl groups is 1. The van der Waals surface area contributed by atoms with E-state index in [2.05, 4.69) is 4.74 Å². The van der Waals surface area contributed by atoms with Crippen LogP contribution in [-0.4, -0.2) is 25.3 Å². The summed E-state index contributed by atoms with van der Waals surface area (Å²) in [5, 5.41) is 9.46. The monoisotopic (exact) mass is 210 g/mol. The second kappa shape index (κ2) is 4.91. The van der Waals surface area contributed by atoms with Gasteiger partial charge >= 0.3 is 5.97 Å². The van der Waals surface area contributed by atoms with Gasteiger partial charge in [0.25, 0.3) is 0 Å². The Morgan fingerprint density at radius 1 is 1.40 bits per heavy atom. The predicted molar refractivity (Wildman–Crippen MR) is 54.5 cm³/mol. The molecule has 1 rings (SSSR count). The number of methoxy groups -OCH3 is 2. The highest BCUT2D eigenvalue weighted by molar-refractivity contribution is 5.89. The van der Waals surface area contributed by atoms with Gasteiger partial charge in [-0.15, -0.1) is 0 Å². The lowest BCUT2D eigenvalue weighted by molar-refractivity contribution is -0.0773. The number of aryl methyl sites for hydroxylation is 1. The Labute approximate surface area is 88.4 Å². The van der Waals surface area contributed by atoms with Crippen LogP contribution in [0.2, 0.25) is 0 Å². The van der Waals surface area contributed by atoms with E-state index in [1.54, 1.807) is 25.1 Å². The first-order chi connectivity index (χ1) is 7.10. The maximum absolute atomic E-state index is 11.2. The molecule has 1 aromatic rings. The zero-order chi connectivity index (χ0) is 11.4. The first-order valence-corrected chi connectivity index (χ1v) is 4.50. The van der Waals surface area contributed by atoms with Crippen LogP contribution in [0.25, 0.3) is 0 Å². The zero-order valence-electron chi connectivity index (χ0n) is 8.98. The Balaban J connectivity index is 3.03. The van der Waals surface area contributed by atoms with Crippen LogP contribution in [0.4, 0.5) is 0 Å². The smallest absolute Gasteiger partial charge is 0.337 e. The normalized spacial score (nSPS) is 12.3. The van der Waals surface area contributed by atoms with E-state index < -0.39 is 12.3 Å². The number of benzene rings is 1. The van der Waals surface area contributed by atoms with E-state index in [0.29, 0.717) is 11.1 Å². The molecule has 0 heterocycles. The van der Waals surface area contributed by atoms with E-state index in [0.717, 1.165) is 5.56 Å². The third kappa shape index (κ3) is 2.55. The van der Waals surface area contributed by atoms with Gasteiger partial charge in [0.15, 0.2) is 6.29 Å². The molecule has 4 heteroatoms. The molecule has 0 saturated heterocycles. The molecule has 1 atom stereocenters. The summed E-state index contributed by atoms with van der Waals surface area (Å²) in [6.45, 7) is 1.80. The third-order valence-electron chi connectivity index (χ3n) is 2.18. The maximum atomic E-state index is 11.2. The summed E-state index contributed by atoms with van der Waals surface area (Å²) in [5.41, 5.74) is 1.89. The highest BCUT2D eigenvalue weighted by atomic mass is 16.6. The van der Waals surface area contributed by atoms with Gasteiger partial charge in [-0.2, -0.15) is 0 Å². The summed E-state index contributed by atoms with van der Waals surface area (Å²) in [6, 6.07) is 4.90. The minimum absolute atomic E-state index is 0.392. The van der Waals surface area contributed by atoms with Gasteiger partial charge in [-0.05, 0) is 24.6 Å². The van der Waals surface area contributed by atoms with Gasteiger partial charge in [0.1, 0.15) is 0 Å². The van der Waals surface area contributed by atoms with Crippen LogP contribution in [0, 0.1) is 6.92 Å². The van der Waals surface area contributed by atoms with Gasteiger partial charge in [-0.1, -0.05) is 6.07 Å². The molecule has 0 spiro atoms. The van der Waals surface area contributed by atoms with Crippen molar-refractivity contribution in [1.82, 2.24) is 0 Å². The van der Waals surface area contributed by atoms with Gasteiger partial charge in [0, 0.05) is 12.7 Å². The second-order valence-corrected chi connectivity index (χ2v) is 3.15. The SMILES string of the molecule is COC(=O)c1ccc(C(O)OC)c(C)c1. The summed E-state index contributed by atoms with van der Waals surface area (Å²) >= 11 is 0. The van der Waals surface area contributed by atoms with Crippen LogP contribution in [0.1, 0.15) is 27.8 Å². The number of rotatable bonds is 3. The van der Waals surface area contributed by atoms with Crippen LogP contribution in [0.3, 0.4) is 0 Å². The van der Waals surface area contributed by atoms with Crippen molar-refractivity contribution >= 4 is 5.97 Å². The molecule has 0 aromatic heterocycles. The lowest BCUT2D eigenvalue weighted by atomic mass is 10.0. The molecule has 0 aliphatic rings. The van der Waals surface area contributed by atoms with E-state index >= 15 is 0 Å². The fourth-order valence-electron chi connectivity index (χ4n) is 1.32. The Morgan fingerprint density at radius 2 is 2.07 bits per heavy atom. The van der Waals surface area contributed by atoms with Crippen molar-refractivity contribution in [2.75, 3.05) is 14.2 Å². The van der Waals surface area contributed by atoms with E-state index in [9.17, 15) is 9.90 Å². The minimum Gasteiger partial charge on any atom is -0.465 e.